The predicted molar refractivity (Wildman–Crippen MR) is 124 cm³/mol. The van der Waals surface area contributed by atoms with E-state index < -0.39 is 0 Å². The molecule has 3 aromatic rings. The third-order valence-electron chi connectivity index (χ3n) is 4.62. The quantitative estimate of drug-likeness (QED) is 0.378. The number of nitrogens with zero attached hydrogens (tertiary/aromatic N) is 3. The lowest BCUT2D eigenvalue weighted by Gasteiger charge is -2.12. The monoisotopic (exact) mass is 438 g/mol. The number of ether oxygens (including phenoxy) is 2. The van der Waals surface area contributed by atoms with Gasteiger partial charge >= 0.3 is 0 Å². The number of benzene rings is 2. The van der Waals surface area contributed by atoms with E-state index in [1.165, 1.54) is 17.3 Å². The van der Waals surface area contributed by atoms with Crippen molar-refractivity contribution in [2.24, 2.45) is 0 Å². The van der Waals surface area contributed by atoms with Gasteiger partial charge in [-0.2, -0.15) is 0 Å². The first-order chi connectivity index (χ1) is 15.0. The van der Waals surface area contributed by atoms with E-state index in [0.717, 1.165) is 11.1 Å². The van der Waals surface area contributed by atoms with Crippen LogP contribution in [0.5, 0.6) is 11.5 Å². The SMILES string of the molecule is C=CCn1c(SCc2ccc(OC)c(OC)c2)nnc(NCc2ccc(C)cc2)c1=O. The zero-order chi connectivity index (χ0) is 22.2. The van der Waals surface area contributed by atoms with Crippen LogP contribution in [0.3, 0.4) is 0 Å². The Morgan fingerprint density at radius 1 is 1.06 bits per heavy atom. The number of anilines is 1. The van der Waals surface area contributed by atoms with Gasteiger partial charge in [0.25, 0.3) is 5.56 Å². The molecule has 0 atom stereocenters. The number of hydrogen-bond acceptors (Lipinski definition) is 7. The summed E-state index contributed by atoms with van der Waals surface area (Å²) < 4.78 is 12.2. The van der Waals surface area contributed by atoms with Gasteiger partial charge in [-0.25, -0.2) is 0 Å². The van der Waals surface area contributed by atoms with E-state index >= 15 is 0 Å². The van der Waals surface area contributed by atoms with Crippen molar-refractivity contribution < 1.29 is 9.47 Å². The van der Waals surface area contributed by atoms with Gasteiger partial charge in [-0.15, -0.1) is 16.8 Å². The molecule has 0 aliphatic carbocycles. The standard InChI is InChI=1S/C23H26N4O3S/c1-5-12-27-22(28)21(24-14-17-8-6-16(2)7-9-17)25-26-23(27)31-15-18-10-11-19(29-3)20(13-18)30-4/h5-11,13H,1,12,14-15H2,2-4H3,(H,24,25). The van der Waals surface area contributed by atoms with Crippen molar-refractivity contribution in [3.8, 4) is 11.5 Å². The summed E-state index contributed by atoms with van der Waals surface area (Å²) in [6.07, 6.45) is 1.67. The van der Waals surface area contributed by atoms with E-state index in [9.17, 15) is 4.79 Å². The molecule has 0 bridgehead atoms. The van der Waals surface area contributed by atoms with Crippen LogP contribution in [0.25, 0.3) is 0 Å². The molecule has 31 heavy (non-hydrogen) atoms. The van der Waals surface area contributed by atoms with E-state index in [0.29, 0.717) is 35.5 Å². The third-order valence-corrected chi connectivity index (χ3v) is 5.66. The van der Waals surface area contributed by atoms with Gasteiger partial charge in [-0.3, -0.25) is 9.36 Å². The number of thioether (sulfide) groups is 1. The molecule has 1 N–H and O–H groups in total. The van der Waals surface area contributed by atoms with Crippen LogP contribution in [-0.4, -0.2) is 29.0 Å². The van der Waals surface area contributed by atoms with Gasteiger partial charge in [0.2, 0.25) is 5.82 Å². The van der Waals surface area contributed by atoms with Crippen LogP contribution in [0, 0.1) is 6.92 Å². The van der Waals surface area contributed by atoms with Crippen molar-refractivity contribution in [3.05, 3.63) is 82.2 Å². The number of rotatable bonds is 10. The summed E-state index contributed by atoms with van der Waals surface area (Å²) in [4.78, 5) is 13.0. The van der Waals surface area contributed by atoms with E-state index in [1.807, 2.05) is 49.4 Å². The van der Waals surface area contributed by atoms with Gasteiger partial charge in [0.05, 0.1) is 14.2 Å². The Kier molecular flexibility index (Phi) is 7.72. The third kappa shape index (κ3) is 5.67. The summed E-state index contributed by atoms with van der Waals surface area (Å²) in [5.74, 6) is 2.15. The minimum absolute atomic E-state index is 0.220. The molecule has 0 amide bonds. The Labute approximate surface area is 186 Å². The van der Waals surface area contributed by atoms with Gasteiger partial charge in [-0.05, 0) is 30.2 Å². The number of aromatic nitrogens is 3. The lowest BCUT2D eigenvalue weighted by Crippen LogP contribution is -2.27. The van der Waals surface area contributed by atoms with Crippen molar-refractivity contribution in [2.45, 2.75) is 30.9 Å². The van der Waals surface area contributed by atoms with Crippen molar-refractivity contribution >= 4 is 17.6 Å². The van der Waals surface area contributed by atoms with Gasteiger partial charge in [0, 0.05) is 18.8 Å². The smallest absolute Gasteiger partial charge is 0.297 e. The highest BCUT2D eigenvalue weighted by Gasteiger charge is 2.13. The van der Waals surface area contributed by atoms with E-state index in [1.54, 1.807) is 24.9 Å². The van der Waals surface area contributed by atoms with Crippen LogP contribution in [-0.2, 0) is 18.8 Å². The average Bonchev–Trinajstić information content (AvgIpc) is 2.79. The maximum atomic E-state index is 13.0. The van der Waals surface area contributed by atoms with E-state index in [2.05, 4.69) is 22.1 Å². The molecule has 0 saturated carbocycles. The number of allylic oxidation sites excluding steroid dienone is 1. The Balaban J connectivity index is 1.76. The molecular formula is C23H26N4O3S. The summed E-state index contributed by atoms with van der Waals surface area (Å²) in [5.41, 5.74) is 3.04. The number of aryl methyl sites for hydroxylation is 1. The summed E-state index contributed by atoms with van der Waals surface area (Å²) in [6.45, 7) is 6.64. The second kappa shape index (κ2) is 10.7. The lowest BCUT2D eigenvalue weighted by molar-refractivity contribution is 0.354. The molecule has 8 heteroatoms. The molecule has 0 saturated heterocycles. The number of methoxy groups -OCH3 is 2. The fraction of sp³-hybridized carbons (Fsp3) is 0.261. The highest BCUT2D eigenvalue weighted by Crippen LogP contribution is 2.30. The first-order valence-corrected chi connectivity index (χ1v) is 10.8. The zero-order valence-corrected chi connectivity index (χ0v) is 18.7. The van der Waals surface area contributed by atoms with Crippen molar-refractivity contribution in [3.63, 3.8) is 0 Å². The van der Waals surface area contributed by atoms with Crippen LogP contribution in [0.4, 0.5) is 5.82 Å². The second-order valence-corrected chi connectivity index (χ2v) is 7.80. The average molecular weight is 439 g/mol. The molecule has 1 heterocycles. The highest BCUT2D eigenvalue weighted by molar-refractivity contribution is 7.98. The van der Waals surface area contributed by atoms with Crippen LogP contribution in [0.1, 0.15) is 16.7 Å². The van der Waals surface area contributed by atoms with Crippen LogP contribution >= 0.6 is 11.8 Å². The minimum Gasteiger partial charge on any atom is -0.493 e. The summed E-state index contributed by atoms with van der Waals surface area (Å²) in [7, 11) is 3.20. The topological polar surface area (TPSA) is 78.3 Å². The highest BCUT2D eigenvalue weighted by atomic mass is 32.2. The van der Waals surface area contributed by atoms with Crippen LogP contribution in [0.2, 0.25) is 0 Å². The predicted octanol–water partition coefficient (Wildman–Crippen LogP) is 4.05. The van der Waals surface area contributed by atoms with Gasteiger partial charge in [0.15, 0.2) is 16.7 Å². The fourth-order valence-electron chi connectivity index (χ4n) is 2.92. The first-order valence-electron chi connectivity index (χ1n) is 9.77. The first kappa shape index (κ1) is 22.4. The Bertz CT molecular complexity index is 1100. The number of hydrogen-bond donors (Lipinski definition) is 1. The van der Waals surface area contributed by atoms with Gasteiger partial charge < -0.3 is 14.8 Å². The molecule has 3 rings (SSSR count). The maximum absolute atomic E-state index is 13.0. The Morgan fingerprint density at radius 3 is 2.45 bits per heavy atom. The lowest BCUT2D eigenvalue weighted by atomic mass is 10.1. The molecule has 0 unspecified atom stereocenters. The maximum Gasteiger partial charge on any atom is 0.297 e. The molecule has 0 aliphatic heterocycles. The summed E-state index contributed by atoms with van der Waals surface area (Å²) in [6, 6.07) is 13.8. The van der Waals surface area contributed by atoms with Crippen molar-refractivity contribution in [2.75, 3.05) is 19.5 Å². The van der Waals surface area contributed by atoms with Gasteiger partial charge in [0.1, 0.15) is 0 Å². The largest absolute Gasteiger partial charge is 0.493 e. The molecule has 0 spiro atoms. The van der Waals surface area contributed by atoms with E-state index in [4.69, 9.17) is 9.47 Å². The normalized spacial score (nSPS) is 10.5. The molecule has 0 fully saturated rings. The van der Waals surface area contributed by atoms with Crippen molar-refractivity contribution in [1.82, 2.24) is 14.8 Å². The number of nitrogens with one attached hydrogen (secondary N) is 1. The molecule has 7 nitrogen and oxygen atoms in total. The minimum atomic E-state index is -0.225. The molecular weight excluding hydrogens is 412 g/mol. The fourth-order valence-corrected chi connectivity index (χ4v) is 3.81. The van der Waals surface area contributed by atoms with Crippen molar-refractivity contribution in [1.29, 1.82) is 0 Å². The summed E-state index contributed by atoms with van der Waals surface area (Å²) >= 11 is 1.43. The molecule has 162 valence electrons. The second-order valence-electron chi connectivity index (χ2n) is 6.85. The molecule has 0 radical (unpaired) electrons. The van der Waals surface area contributed by atoms with Crippen LogP contribution in [0.15, 0.2) is 65.1 Å². The molecule has 0 aliphatic rings. The molecule has 1 aromatic heterocycles. The Morgan fingerprint density at radius 2 is 1.77 bits per heavy atom. The van der Waals surface area contributed by atoms with Crippen LogP contribution < -0.4 is 20.3 Å². The molecule has 2 aromatic carbocycles. The van der Waals surface area contributed by atoms with Gasteiger partial charge in [-0.1, -0.05) is 53.7 Å². The zero-order valence-electron chi connectivity index (χ0n) is 17.9. The summed E-state index contributed by atoms with van der Waals surface area (Å²) in [5, 5.41) is 12.0. The van der Waals surface area contributed by atoms with E-state index in [-0.39, 0.29) is 11.4 Å². The Hall–Kier alpha value is -3.26.